The monoisotopic (exact) mass is 223 g/mol. The zero-order valence-corrected chi connectivity index (χ0v) is 9.09. The van der Waals surface area contributed by atoms with Crippen LogP contribution in [0.15, 0.2) is 34.9 Å². The SMILES string of the molecule is O=C(O)CC1=CSC(C2=CC=CCC2)N1. The number of thioether (sulfide) groups is 1. The second kappa shape index (κ2) is 4.57. The molecule has 0 aromatic carbocycles. The molecule has 0 spiro atoms. The summed E-state index contributed by atoms with van der Waals surface area (Å²) in [4.78, 5) is 10.5. The Kier molecular flexibility index (Phi) is 3.16. The topological polar surface area (TPSA) is 49.3 Å². The van der Waals surface area contributed by atoms with E-state index in [-0.39, 0.29) is 11.8 Å². The molecule has 1 aliphatic carbocycles. The van der Waals surface area contributed by atoms with Crippen molar-refractivity contribution >= 4 is 17.7 Å². The molecule has 1 atom stereocenters. The third-order valence-corrected chi connectivity index (χ3v) is 3.50. The van der Waals surface area contributed by atoms with Gasteiger partial charge in [-0.15, -0.1) is 11.8 Å². The number of carboxylic acids is 1. The van der Waals surface area contributed by atoms with E-state index in [9.17, 15) is 4.79 Å². The van der Waals surface area contributed by atoms with Crippen LogP contribution in [0.25, 0.3) is 0 Å². The Morgan fingerprint density at radius 2 is 2.53 bits per heavy atom. The van der Waals surface area contributed by atoms with Crippen LogP contribution in [0, 0.1) is 0 Å². The summed E-state index contributed by atoms with van der Waals surface area (Å²) in [5, 5.41) is 14.0. The first-order chi connectivity index (χ1) is 7.25. The maximum atomic E-state index is 10.5. The summed E-state index contributed by atoms with van der Waals surface area (Å²) in [6, 6.07) is 0. The largest absolute Gasteiger partial charge is 0.481 e. The fraction of sp³-hybridized carbons (Fsp3) is 0.364. The highest BCUT2D eigenvalue weighted by molar-refractivity contribution is 8.03. The summed E-state index contributed by atoms with van der Waals surface area (Å²) in [7, 11) is 0. The Hall–Kier alpha value is -1.16. The molecule has 80 valence electrons. The molecule has 0 fully saturated rings. The molecule has 0 aromatic rings. The average Bonchev–Trinajstić information content (AvgIpc) is 2.67. The van der Waals surface area contributed by atoms with Crippen molar-refractivity contribution in [2.24, 2.45) is 0 Å². The van der Waals surface area contributed by atoms with Gasteiger partial charge < -0.3 is 10.4 Å². The predicted octanol–water partition coefficient (Wildman–Crippen LogP) is 2.24. The van der Waals surface area contributed by atoms with E-state index in [0.29, 0.717) is 0 Å². The number of aliphatic carboxylic acids is 1. The Morgan fingerprint density at radius 1 is 1.67 bits per heavy atom. The van der Waals surface area contributed by atoms with Crippen molar-refractivity contribution in [1.82, 2.24) is 5.32 Å². The van der Waals surface area contributed by atoms with Crippen molar-refractivity contribution in [3.8, 4) is 0 Å². The van der Waals surface area contributed by atoms with E-state index in [4.69, 9.17) is 5.11 Å². The number of carbonyl (C=O) groups is 1. The molecule has 1 unspecified atom stereocenters. The fourth-order valence-corrected chi connectivity index (χ4v) is 2.70. The smallest absolute Gasteiger partial charge is 0.309 e. The van der Waals surface area contributed by atoms with Crippen molar-refractivity contribution in [3.63, 3.8) is 0 Å². The zero-order chi connectivity index (χ0) is 10.7. The van der Waals surface area contributed by atoms with Gasteiger partial charge in [0.1, 0.15) is 0 Å². The van der Waals surface area contributed by atoms with Crippen molar-refractivity contribution in [2.45, 2.75) is 24.6 Å². The summed E-state index contributed by atoms with van der Waals surface area (Å²) in [6.07, 6.45) is 8.57. The van der Waals surface area contributed by atoms with Crippen LogP contribution in [0.4, 0.5) is 0 Å². The van der Waals surface area contributed by atoms with Crippen LogP contribution in [0.1, 0.15) is 19.3 Å². The molecule has 1 heterocycles. The highest BCUT2D eigenvalue weighted by Crippen LogP contribution is 2.31. The van der Waals surface area contributed by atoms with Gasteiger partial charge in [0.05, 0.1) is 11.8 Å². The lowest BCUT2D eigenvalue weighted by molar-refractivity contribution is -0.136. The van der Waals surface area contributed by atoms with Gasteiger partial charge in [-0.1, -0.05) is 18.2 Å². The molecule has 0 saturated heterocycles. The molecular formula is C11H13NO2S. The van der Waals surface area contributed by atoms with Gasteiger partial charge in [-0.2, -0.15) is 0 Å². The van der Waals surface area contributed by atoms with Crippen LogP contribution in [0.5, 0.6) is 0 Å². The minimum Gasteiger partial charge on any atom is -0.481 e. The maximum Gasteiger partial charge on any atom is 0.309 e. The van der Waals surface area contributed by atoms with E-state index in [1.54, 1.807) is 11.8 Å². The summed E-state index contributed by atoms with van der Waals surface area (Å²) < 4.78 is 0. The highest BCUT2D eigenvalue weighted by Gasteiger charge is 2.21. The van der Waals surface area contributed by atoms with E-state index in [0.717, 1.165) is 18.5 Å². The standard InChI is InChI=1S/C11H13NO2S/c13-10(14)6-9-7-15-11(12-9)8-4-2-1-3-5-8/h1-2,4,7,11-12H,3,5-6H2,(H,13,14). The van der Waals surface area contributed by atoms with E-state index in [1.165, 1.54) is 5.57 Å². The van der Waals surface area contributed by atoms with Crippen molar-refractivity contribution in [1.29, 1.82) is 0 Å². The van der Waals surface area contributed by atoms with Crippen LogP contribution in [-0.2, 0) is 4.79 Å². The molecule has 15 heavy (non-hydrogen) atoms. The van der Waals surface area contributed by atoms with Gasteiger partial charge in [-0.05, 0) is 23.8 Å². The fourth-order valence-electron chi connectivity index (χ4n) is 1.66. The maximum absolute atomic E-state index is 10.5. The molecule has 0 radical (unpaired) electrons. The third kappa shape index (κ3) is 2.65. The molecule has 0 aromatic heterocycles. The van der Waals surface area contributed by atoms with Gasteiger partial charge in [0.2, 0.25) is 0 Å². The highest BCUT2D eigenvalue weighted by atomic mass is 32.2. The van der Waals surface area contributed by atoms with E-state index in [1.807, 2.05) is 5.41 Å². The summed E-state index contributed by atoms with van der Waals surface area (Å²) in [6.45, 7) is 0. The van der Waals surface area contributed by atoms with E-state index >= 15 is 0 Å². The predicted molar refractivity (Wildman–Crippen MR) is 61.3 cm³/mol. The first-order valence-corrected chi connectivity index (χ1v) is 5.88. The Balaban J connectivity index is 1.92. The number of rotatable bonds is 3. The zero-order valence-electron chi connectivity index (χ0n) is 8.27. The quantitative estimate of drug-likeness (QED) is 0.770. The van der Waals surface area contributed by atoms with Crippen LogP contribution in [-0.4, -0.2) is 16.4 Å². The minimum absolute atomic E-state index is 0.0899. The molecule has 0 bridgehead atoms. The summed E-state index contributed by atoms with van der Waals surface area (Å²) >= 11 is 1.66. The molecule has 0 amide bonds. The van der Waals surface area contributed by atoms with Crippen molar-refractivity contribution in [2.75, 3.05) is 0 Å². The summed E-state index contributed by atoms with van der Waals surface area (Å²) in [5.41, 5.74) is 2.16. The summed E-state index contributed by atoms with van der Waals surface area (Å²) in [5.74, 6) is -0.785. The van der Waals surface area contributed by atoms with Crippen molar-refractivity contribution < 1.29 is 9.90 Å². The lowest BCUT2D eigenvalue weighted by atomic mass is 10.1. The molecule has 4 heteroatoms. The number of allylic oxidation sites excluding steroid dienone is 3. The first-order valence-electron chi connectivity index (χ1n) is 4.94. The lowest BCUT2D eigenvalue weighted by Gasteiger charge is -2.17. The molecular weight excluding hydrogens is 210 g/mol. The van der Waals surface area contributed by atoms with Crippen LogP contribution >= 0.6 is 11.8 Å². The van der Waals surface area contributed by atoms with Gasteiger partial charge in [-0.25, -0.2) is 0 Å². The number of nitrogens with one attached hydrogen (secondary N) is 1. The molecule has 0 saturated carbocycles. The Bertz CT molecular complexity index is 358. The minimum atomic E-state index is -0.785. The van der Waals surface area contributed by atoms with Crippen LogP contribution in [0.3, 0.4) is 0 Å². The van der Waals surface area contributed by atoms with Gasteiger partial charge in [0, 0.05) is 5.70 Å². The van der Waals surface area contributed by atoms with Gasteiger partial charge in [0.15, 0.2) is 0 Å². The molecule has 3 nitrogen and oxygen atoms in total. The second-order valence-corrected chi connectivity index (χ2v) is 4.56. The molecule has 2 rings (SSSR count). The van der Waals surface area contributed by atoms with Crippen molar-refractivity contribution in [3.05, 3.63) is 34.9 Å². The molecule has 1 aliphatic heterocycles. The van der Waals surface area contributed by atoms with Gasteiger partial charge in [0.25, 0.3) is 0 Å². The number of carboxylic acid groups (broad SMARTS) is 1. The average molecular weight is 223 g/mol. The van der Waals surface area contributed by atoms with E-state index < -0.39 is 5.97 Å². The number of hydrogen-bond donors (Lipinski definition) is 2. The van der Waals surface area contributed by atoms with Crippen LogP contribution < -0.4 is 5.32 Å². The Morgan fingerprint density at radius 3 is 3.20 bits per heavy atom. The third-order valence-electron chi connectivity index (χ3n) is 2.39. The molecule has 2 aliphatic rings. The number of hydrogen-bond acceptors (Lipinski definition) is 3. The lowest BCUT2D eigenvalue weighted by Crippen LogP contribution is -2.24. The second-order valence-electron chi connectivity index (χ2n) is 3.58. The normalized spacial score (nSPS) is 24.4. The first kappa shape index (κ1) is 10.4. The van der Waals surface area contributed by atoms with Gasteiger partial charge in [-0.3, -0.25) is 4.79 Å². The van der Waals surface area contributed by atoms with Crippen LogP contribution in [0.2, 0.25) is 0 Å². The molecule has 2 N–H and O–H groups in total. The van der Waals surface area contributed by atoms with Gasteiger partial charge >= 0.3 is 5.97 Å². The van der Waals surface area contributed by atoms with E-state index in [2.05, 4.69) is 23.5 Å². The Labute approximate surface area is 92.9 Å².